The largest absolute Gasteiger partial charge is 0.308 e. The monoisotopic (exact) mass is 270 g/mol. The number of hydrogen-bond acceptors (Lipinski definition) is 4. The fourth-order valence-corrected chi connectivity index (χ4v) is 2.05. The Bertz CT molecular complexity index is 439. The number of aromatic nitrogens is 2. The van der Waals surface area contributed by atoms with Gasteiger partial charge in [0.25, 0.3) is 0 Å². The lowest BCUT2D eigenvalue weighted by atomic mass is 10.2. The third kappa shape index (κ3) is 4.40. The van der Waals surface area contributed by atoms with Crippen LogP contribution >= 0.6 is 0 Å². The Morgan fingerprint density at radius 3 is 1.60 bits per heavy atom. The summed E-state index contributed by atoms with van der Waals surface area (Å²) in [5, 5.41) is 6.92. The van der Waals surface area contributed by atoms with Crippen molar-refractivity contribution in [3.63, 3.8) is 0 Å². The molecule has 0 aliphatic rings. The predicted octanol–water partition coefficient (Wildman–Crippen LogP) is 2.48. The molecule has 0 aliphatic heterocycles. The maximum absolute atomic E-state index is 4.35. The van der Waals surface area contributed by atoms with Crippen molar-refractivity contribution < 1.29 is 0 Å². The summed E-state index contributed by atoms with van der Waals surface area (Å²) in [6, 6.07) is 12.5. The van der Waals surface area contributed by atoms with Gasteiger partial charge in [0.05, 0.1) is 11.4 Å². The lowest BCUT2D eigenvalue weighted by molar-refractivity contribution is 0.501. The van der Waals surface area contributed by atoms with Crippen molar-refractivity contribution in [3.8, 4) is 0 Å². The van der Waals surface area contributed by atoms with Gasteiger partial charge >= 0.3 is 0 Å². The molecule has 106 valence electrons. The summed E-state index contributed by atoms with van der Waals surface area (Å²) in [6.07, 6.45) is 3.66. The van der Waals surface area contributed by atoms with Gasteiger partial charge in [-0.3, -0.25) is 9.97 Å². The quantitative estimate of drug-likeness (QED) is 0.759. The SMILES string of the molecule is C[C@@H](NCCN[C@H](C)c1ccccn1)c1ccccn1. The Labute approximate surface area is 120 Å². The first-order valence-electron chi connectivity index (χ1n) is 7.06. The van der Waals surface area contributed by atoms with Crippen molar-refractivity contribution in [2.45, 2.75) is 25.9 Å². The van der Waals surface area contributed by atoms with Crippen molar-refractivity contribution in [2.75, 3.05) is 13.1 Å². The van der Waals surface area contributed by atoms with Gasteiger partial charge in [0.1, 0.15) is 0 Å². The van der Waals surface area contributed by atoms with Crippen LogP contribution in [0.25, 0.3) is 0 Å². The molecule has 0 saturated heterocycles. The minimum Gasteiger partial charge on any atom is -0.308 e. The molecule has 0 unspecified atom stereocenters. The number of nitrogens with zero attached hydrogens (tertiary/aromatic N) is 2. The van der Waals surface area contributed by atoms with Crippen LogP contribution in [-0.2, 0) is 0 Å². The molecule has 2 atom stereocenters. The second-order valence-corrected chi connectivity index (χ2v) is 4.86. The second-order valence-electron chi connectivity index (χ2n) is 4.86. The summed E-state index contributed by atoms with van der Waals surface area (Å²) >= 11 is 0. The Morgan fingerprint density at radius 2 is 1.25 bits per heavy atom. The van der Waals surface area contributed by atoms with Gasteiger partial charge in [-0.2, -0.15) is 0 Å². The van der Waals surface area contributed by atoms with E-state index in [0.29, 0.717) is 0 Å². The molecule has 2 aromatic heterocycles. The number of hydrogen-bond donors (Lipinski definition) is 2. The van der Waals surface area contributed by atoms with Crippen LogP contribution in [0.15, 0.2) is 48.8 Å². The molecule has 0 bridgehead atoms. The molecule has 0 radical (unpaired) electrons. The zero-order valence-electron chi connectivity index (χ0n) is 12.1. The van der Waals surface area contributed by atoms with Crippen LogP contribution < -0.4 is 10.6 Å². The molecule has 2 rings (SSSR count). The van der Waals surface area contributed by atoms with Crippen LogP contribution in [0, 0.1) is 0 Å². The molecule has 0 spiro atoms. The standard InChI is InChI=1S/C16H22N4/c1-13(15-7-3-5-9-19-15)17-11-12-18-14(2)16-8-4-6-10-20-16/h3-10,13-14,17-18H,11-12H2,1-2H3/t13-,14-/m1/s1. The van der Waals surface area contributed by atoms with E-state index in [4.69, 9.17) is 0 Å². The van der Waals surface area contributed by atoms with Gasteiger partial charge in [-0.25, -0.2) is 0 Å². The summed E-state index contributed by atoms with van der Waals surface area (Å²) in [7, 11) is 0. The van der Waals surface area contributed by atoms with E-state index in [2.05, 4.69) is 34.4 Å². The topological polar surface area (TPSA) is 49.8 Å². The molecule has 0 fully saturated rings. The summed E-state index contributed by atoms with van der Waals surface area (Å²) in [6.45, 7) is 6.05. The van der Waals surface area contributed by atoms with Crippen LogP contribution in [0.2, 0.25) is 0 Å². The average Bonchev–Trinajstić information content (AvgIpc) is 2.53. The van der Waals surface area contributed by atoms with E-state index < -0.39 is 0 Å². The summed E-state index contributed by atoms with van der Waals surface area (Å²) in [5.74, 6) is 0. The molecule has 4 heteroatoms. The van der Waals surface area contributed by atoms with Crippen molar-refractivity contribution in [1.82, 2.24) is 20.6 Å². The van der Waals surface area contributed by atoms with Gasteiger partial charge in [0, 0.05) is 37.6 Å². The first-order chi connectivity index (χ1) is 9.77. The molecular weight excluding hydrogens is 248 g/mol. The number of nitrogens with one attached hydrogen (secondary N) is 2. The third-order valence-electron chi connectivity index (χ3n) is 3.29. The van der Waals surface area contributed by atoms with E-state index in [9.17, 15) is 0 Å². The van der Waals surface area contributed by atoms with Gasteiger partial charge < -0.3 is 10.6 Å². The molecule has 4 nitrogen and oxygen atoms in total. The minimum atomic E-state index is 0.267. The smallest absolute Gasteiger partial charge is 0.0570 e. The maximum atomic E-state index is 4.35. The highest BCUT2D eigenvalue weighted by Gasteiger charge is 2.07. The molecule has 2 aromatic rings. The Morgan fingerprint density at radius 1 is 0.800 bits per heavy atom. The fraction of sp³-hybridized carbons (Fsp3) is 0.375. The van der Waals surface area contributed by atoms with E-state index in [1.54, 1.807) is 0 Å². The normalized spacial score (nSPS) is 13.9. The van der Waals surface area contributed by atoms with Gasteiger partial charge in [-0.15, -0.1) is 0 Å². The van der Waals surface area contributed by atoms with Gasteiger partial charge in [-0.1, -0.05) is 12.1 Å². The van der Waals surface area contributed by atoms with E-state index in [0.717, 1.165) is 24.5 Å². The highest BCUT2D eigenvalue weighted by molar-refractivity contribution is 5.08. The third-order valence-corrected chi connectivity index (χ3v) is 3.29. The summed E-state index contributed by atoms with van der Waals surface area (Å²) in [4.78, 5) is 8.69. The predicted molar refractivity (Wildman–Crippen MR) is 81.3 cm³/mol. The van der Waals surface area contributed by atoms with E-state index in [-0.39, 0.29) is 12.1 Å². The van der Waals surface area contributed by atoms with Crippen molar-refractivity contribution in [3.05, 3.63) is 60.2 Å². The molecule has 2 N–H and O–H groups in total. The van der Waals surface area contributed by atoms with Crippen LogP contribution in [0.4, 0.5) is 0 Å². The summed E-state index contributed by atoms with van der Waals surface area (Å²) in [5.41, 5.74) is 2.15. The zero-order valence-corrected chi connectivity index (χ0v) is 12.1. The van der Waals surface area contributed by atoms with Gasteiger partial charge in [0.2, 0.25) is 0 Å². The van der Waals surface area contributed by atoms with E-state index in [1.165, 1.54) is 0 Å². The molecule has 2 heterocycles. The summed E-state index contributed by atoms with van der Waals surface area (Å²) < 4.78 is 0. The van der Waals surface area contributed by atoms with E-state index >= 15 is 0 Å². The van der Waals surface area contributed by atoms with Crippen molar-refractivity contribution in [2.24, 2.45) is 0 Å². The Kier molecular flexibility index (Phi) is 5.65. The van der Waals surface area contributed by atoms with Crippen LogP contribution in [0.3, 0.4) is 0 Å². The van der Waals surface area contributed by atoms with Crippen LogP contribution in [-0.4, -0.2) is 23.1 Å². The fourth-order valence-electron chi connectivity index (χ4n) is 2.05. The second kappa shape index (κ2) is 7.72. The van der Waals surface area contributed by atoms with Crippen molar-refractivity contribution >= 4 is 0 Å². The molecular formula is C16H22N4. The Hall–Kier alpha value is -1.78. The zero-order chi connectivity index (χ0) is 14.2. The first-order valence-corrected chi connectivity index (χ1v) is 7.06. The number of pyridine rings is 2. The molecule has 0 aliphatic carbocycles. The number of rotatable bonds is 7. The molecule has 20 heavy (non-hydrogen) atoms. The van der Waals surface area contributed by atoms with Crippen molar-refractivity contribution in [1.29, 1.82) is 0 Å². The minimum absolute atomic E-state index is 0.267. The highest BCUT2D eigenvalue weighted by Crippen LogP contribution is 2.08. The average molecular weight is 270 g/mol. The lowest BCUT2D eigenvalue weighted by Gasteiger charge is -2.16. The highest BCUT2D eigenvalue weighted by atomic mass is 15.0. The van der Waals surface area contributed by atoms with Gasteiger partial charge in [-0.05, 0) is 38.1 Å². The van der Waals surface area contributed by atoms with Crippen LogP contribution in [0.5, 0.6) is 0 Å². The molecule has 0 aromatic carbocycles. The lowest BCUT2D eigenvalue weighted by Crippen LogP contribution is -2.31. The van der Waals surface area contributed by atoms with Gasteiger partial charge in [0.15, 0.2) is 0 Å². The maximum Gasteiger partial charge on any atom is 0.0570 e. The molecule has 0 amide bonds. The first kappa shape index (κ1) is 14.6. The van der Waals surface area contributed by atoms with E-state index in [1.807, 2.05) is 48.8 Å². The molecule has 0 saturated carbocycles. The Balaban J connectivity index is 1.69. The van der Waals surface area contributed by atoms with Crippen LogP contribution in [0.1, 0.15) is 37.3 Å².